The molecule has 1 aliphatic heterocycles. The molecule has 0 atom stereocenters. The maximum absolute atomic E-state index is 12.6. The number of hydrogen-bond donors (Lipinski definition) is 0. The van der Waals surface area contributed by atoms with Gasteiger partial charge in [0.2, 0.25) is 5.09 Å². The SMILES string of the molecule is CN(Cc1ccccn1)C(=O)c1ccc(S(=O)(=O)N2CCCCC2)o1. The summed E-state index contributed by atoms with van der Waals surface area (Å²) in [7, 11) is -2.05. The monoisotopic (exact) mass is 363 g/mol. The number of carbonyl (C=O) groups is 1. The molecule has 3 rings (SSSR count). The molecule has 1 saturated heterocycles. The summed E-state index contributed by atoms with van der Waals surface area (Å²) < 4.78 is 32.0. The summed E-state index contributed by atoms with van der Waals surface area (Å²) in [6, 6.07) is 8.23. The van der Waals surface area contributed by atoms with Crippen LogP contribution in [0.2, 0.25) is 0 Å². The summed E-state index contributed by atoms with van der Waals surface area (Å²) >= 11 is 0. The molecule has 1 amide bonds. The fraction of sp³-hybridized carbons (Fsp3) is 0.412. The number of carbonyl (C=O) groups excluding carboxylic acids is 1. The Morgan fingerprint density at radius 2 is 1.96 bits per heavy atom. The fourth-order valence-corrected chi connectivity index (χ4v) is 4.23. The van der Waals surface area contributed by atoms with Gasteiger partial charge in [-0.2, -0.15) is 4.31 Å². The third kappa shape index (κ3) is 3.91. The minimum atomic E-state index is -3.68. The first-order valence-corrected chi connectivity index (χ1v) is 9.68. The van der Waals surface area contributed by atoms with E-state index in [2.05, 4.69) is 4.98 Å². The second kappa shape index (κ2) is 7.37. The van der Waals surface area contributed by atoms with Crippen molar-refractivity contribution in [3.8, 4) is 0 Å². The van der Waals surface area contributed by atoms with Crippen molar-refractivity contribution in [2.75, 3.05) is 20.1 Å². The predicted molar refractivity (Wildman–Crippen MR) is 91.4 cm³/mol. The lowest BCUT2D eigenvalue weighted by atomic mass is 10.2. The predicted octanol–water partition coefficient (Wildman–Crippen LogP) is 2.12. The first kappa shape index (κ1) is 17.6. The first-order chi connectivity index (χ1) is 12.0. The van der Waals surface area contributed by atoms with Crippen molar-refractivity contribution in [1.82, 2.24) is 14.2 Å². The fourth-order valence-electron chi connectivity index (χ4n) is 2.80. The highest BCUT2D eigenvalue weighted by Gasteiger charge is 2.30. The number of piperidine rings is 1. The van der Waals surface area contributed by atoms with Crippen LogP contribution >= 0.6 is 0 Å². The zero-order valence-corrected chi connectivity index (χ0v) is 14.9. The normalized spacial score (nSPS) is 15.9. The van der Waals surface area contributed by atoms with E-state index in [0.29, 0.717) is 19.6 Å². The van der Waals surface area contributed by atoms with Crippen LogP contribution in [0.15, 0.2) is 46.0 Å². The summed E-state index contributed by atoms with van der Waals surface area (Å²) in [6.45, 7) is 1.30. The topological polar surface area (TPSA) is 83.7 Å². The molecule has 0 spiro atoms. The van der Waals surface area contributed by atoms with Gasteiger partial charge in [0, 0.05) is 26.3 Å². The molecule has 1 fully saturated rings. The maximum Gasteiger partial charge on any atom is 0.289 e. The van der Waals surface area contributed by atoms with Crippen molar-refractivity contribution in [2.45, 2.75) is 30.9 Å². The lowest BCUT2D eigenvalue weighted by Gasteiger charge is -2.24. The van der Waals surface area contributed by atoms with Crippen molar-refractivity contribution in [1.29, 1.82) is 0 Å². The molecule has 8 heteroatoms. The van der Waals surface area contributed by atoms with Gasteiger partial charge < -0.3 is 9.32 Å². The van der Waals surface area contributed by atoms with Gasteiger partial charge >= 0.3 is 0 Å². The van der Waals surface area contributed by atoms with Gasteiger partial charge in [0.05, 0.1) is 12.2 Å². The highest BCUT2D eigenvalue weighted by atomic mass is 32.2. The van der Waals surface area contributed by atoms with Gasteiger partial charge in [-0.05, 0) is 37.1 Å². The summed E-state index contributed by atoms with van der Waals surface area (Å²) in [5.74, 6) is -0.375. The molecule has 2 aromatic rings. The Morgan fingerprint density at radius 1 is 1.20 bits per heavy atom. The first-order valence-electron chi connectivity index (χ1n) is 8.24. The number of hydrogen-bond acceptors (Lipinski definition) is 5. The van der Waals surface area contributed by atoms with Gasteiger partial charge in [-0.15, -0.1) is 0 Å². The Hall–Kier alpha value is -2.19. The number of pyridine rings is 1. The van der Waals surface area contributed by atoms with E-state index >= 15 is 0 Å². The van der Waals surface area contributed by atoms with Crippen molar-refractivity contribution >= 4 is 15.9 Å². The third-order valence-corrected chi connectivity index (χ3v) is 5.95. The molecule has 1 aliphatic rings. The Labute approximate surface area is 147 Å². The number of sulfonamides is 1. The van der Waals surface area contributed by atoms with E-state index in [4.69, 9.17) is 4.42 Å². The third-order valence-electron chi connectivity index (χ3n) is 4.17. The minimum absolute atomic E-state index is 0.00835. The zero-order chi connectivity index (χ0) is 17.9. The molecule has 0 aromatic carbocycles. The number of rotatable bonds is 5. The average molecular weight is 363 g/mol. The number of aromatic nitrogens is 1. The molecule has 2 aromatic heterocycles. The molecule has 134 valence electrons. The van der Waals surface area contributed by atoms with Gasteiger partial charge in [-0.3, -0.25) is 9.78 Å². The van der Waals surface area contributed by atoms with Crippen molar-refractivity contribution in [2.24, 2.45) is 0 Å². The van der Waals surface area contributed by atoms with E-state index in [1.165, 1.54) is 21.3 Å². The molecular formula is C17H21N3O4S. The van der Waals surface area contributed by atoms with E-state index < -0.39 is 10.0 Å². The Balaban J connectivity index is 1.73. The summed E-state index contributed by atoms with van der Waals surface area (Å²) in [5.41, 5.74) is 0.742. The van der Waals surface area contributed by atoms with Crippen molar-refractivity contribution in [3.63, 3.8) is 0 Å². The smallest absolute Gasteiger partial charge is 0.289 e. The highest BCUT2D eigenvalue weighted by molar-refractivity contribution is 7.89. The molecule has 0 unspecified atom stereocenters. The molecule has 0 bridgehead atoms. The van der Waals surface area contributed by atoms with E-state index in [0.717, 1.165) is 25.0 Å². The molecule has 0 N–H and O–H groups in total. The lowest BCUT2D eigenvalue weighted by molar-refractivity contribution is 0.0745. The highest BCUT2D eigenvalue weighted by Crippen LogP contribution is 2.23. The van der Waals surface area contributed by atoms with Gasteiger partial charge in [0.15, 0.2) is 5.76 Å². The minimum Gasteiger partial charge on any atom is -0.438 e. The largest absolute Gasteiger partial charge is 0.438 e. The zero-order valence-electron chi connectivity index (χ0n) is 14.1. The number of furan rings is 1. The second-order valence-electron chi connectivity index (χ2n) is 6.07. The van der Waals surface area contributed by atoms with E-state index in [9.17, 15) is 13.2 Å². The van der Waals surface area contributed by atoms with Gasteiger partial charge in [-0.25, -0.2) is 8.42 Å². The van der Waals surface area contributed by atoms with Crippen LogP contribution in [0.5, 0.6) is 0 Å². The summed E-state index contributed by atoms with van der Waals surface area (Å²) in [4.78, 5) is 18.1. The standard InChI is InChI=1S/C17H21N3O4S/c1-19(13-14-7-3-4-10-18-14)17(21)15-8-9-16(24-15)25(22,23)20-11-5-2-6-12-20/h3-4,7-10H,2,5-6,11-13H2,1H3. The summed E-state index contributed by atoms with van der Waals surface area (Å²) in [6.07, 6.45) is 4.38. The van der Waals surface area contributed by atoms with Crippen LogP contribution in [-0.2, 0) is 16.6 Å². The van der Waals surface area contributed by atoms with Crippen LogP contribution in [-0.4, -0.2) is 48.7 Å². The molecule has 0 saturated carbocycles. The van der Waals surface area contributed by atoms with E-state index in [1.54, 1.807) is 19.3 Å². The van der Waals surface area contributed by atoms with Crippen LogP contribution in [0.25, 0.3) is 0 Å². The average Bonchev–Trinajstić information content (AvgIpc) is 3.13. The molecule has 0 radical (unpaired) electrons. The molecule has 0 aliphatic carbocycles. The Morgan fingerprint density at radius 3 is 2.64 bits per heavy atom. The van der Waals surface area contributed by atoms with Gasteiger partial charge in [0.1, 0.15) is 0 Å². The quantitative estimate of drug-likeness (QED) is 0.812. The second-order valence-corrected chi connectivity index (χ2v) is 7.93. The van der Waals surface area contributed by atoms with Crippen molar-refractivity contribution in [3.05, 3.63) is 48.0 Å². The Bertz CT molecular complexity index is 827. The van der Waals surface area contributed by atoms with Crippen LogP contribution in [0, 0.1) is 0 Å². The maximum atomic E-state index is 12.6. The van der Waals surface area contributed by atoms with Crippen LogP contribution in [0.3, 0.4) is 0 Å². The number of amides is 1. The molecular weight excluding hydrogens is 342 g/mol. The van der Waals surface area contributed by atoms with E-state index in [1.807, 2.05) is 12.1 Å². The van der Waals surface area contributed by atoms with Gasteiger partial charge in [-0.1, -0.05) is 12.5 Å². The lowest BCUT2D eigenvalue weighted by Crippen LogP contribution is -2.35. The number of nitrogens with zero attached hydrogens (tertiary/aromatic N) is 3. The summed E-state index contributed by atoms with van der Waals surface area (Å²) in [5, 5.41) is -0.177. The van der Waals surface area contributed by atoms with E-state index in [-0.39, 0.29) is 16.8 Å². The Kier molecular flexibility index (Phi) is 5.19. The van der Waals surface area contributed by atoms with Crippen LogP contribution in [0.4, 0.5) is 0 Å². The van der Waals surface area contributed by atoms with Gasteiger partial charge in [0.25, 0.3) is 15.9 Å². The molecule has 3 heterocycles. The van der Waals surface area contributed by atoms with Crippen LogP contribution in [0.1, 0.15) is 35.5 Å². The molecule has 7 nitrogen and oxygen atoms in total. The molecule has 25 heavy (non-hydrogen) atoms. The van der Waals surface area contributed by atoms with Crippen LogP contribution < -0.4 is 0 Å². The van der Waals surface area contributed by atoms with Crippen molar-refractivity contribution < 1.29 is 17.6 Å².